The Kier molecular flexibility index (Phi) is 4.19. The van der Waals surface area contributed by atoms with Crippen LogP contribution in [-0.2, 0) is 16.4 Å². The SMILES string of the molecule is CCc1onc(C)c1NS(=O)(=O)c1cc(C)ccc1Br. The van der Waals surface area contributed by atoms with Gasteiger partial charge in [-0.1, -0.05) is 18.1 Å². The van der Waals surface area contributed by atoms with Crippen molar-refractivity contribution >= 4 is 31.6 Å². The average molecular weight is 359 g/mol. The highest BCUT2D eigenvalue weighted by molar-refractivity contribution is 9.10. The van der Waals surface area contributed by atoms with Crippen molar-refractivity contribution in [3.8, 4) is 0 Å². The summed E-state index contributed by atoms with van der Waals surface area (Å²) in [5, 5.41) is 3.79. The number of halogens is 1. The van der Waals surface area contributed by atoms with Crippen LogP contribution in [0.1, 0.15) is 23.9 Å². The van der Waals surface area contributed by atoms with Gasteiger partial charge in [-0.05, 0) is 47.5 Å². The molecule has 0 spiro atoms. The van der Waals surface area contributed by atoms with Gasteiger partial charge in [0.1, 0.15) is 16.3 Å². The van der Waals surface area contributed by atoms with Crippen LogP contribution in [0, 0.1) is 13.8 Å². The molecule has 0 aliphatic rings. The molecule has 0 bridgehead atoms. The Balaban J connectivity index is 2.46. The minimum atomic E-state index is -3.69. The smallest absolute Gasteiger partial charge is 0.263 e. The molecule has 0 unspecified atom stereocenters. The monoisotopic (exact) mass is 358 g/mol. The minimum absolute atomic E-state index is 0.195. The fourth-order valence-corrected chi connectivity index (χ4v) is 3.99. The summed E-state index contributed by atoms with van der Waals surface area (Å²) in [5.74, 6) is 0.523. The fraction of sp³-hybridized carbons (Fsp3) is 0.308. The second kappa shape index (κ2) is 5.57. The molecule has 0 fully saturated rings. The number of benzene rings is 1. The summed E-state index contributed by atoms with van der Waals surface area (Å²) in [6.07, 6.45) is 0.563. The zero-order chi connectivity index (χ0) is 14.9. The van der Waals surface area contributed by atoms with E-state index in [1.807, 2.05) is 19.9 Å². The van der Waals surface area contributed by atoms with Gasteiger partial charge >= 0.3 is 0 Å². The van der Waals surface area contributed by atoms with Crippen molar-refractivity contribution in [2.75, 3.05) is 4.72 Å². The highest BCUT2D eigenvalue weighted by Crippen LogP contribution is 2.28. The van der Waals surface area contributed by atoms with Gasteiger partial charge in [0.15, 0.2) is 5.76 Å². The molecule has 1 heterocycles. The van der Waals surface area contributed by atoms with Crippen molar-refractivity contribution in [3.05, 3.63) is 39.7 Å². The summed E-state index contributed by atoms with van der Waals surface area (Å²) in [4.78, 5) is 0.195. The lowest BCUT2D eigenvalue weighted by Crippen LogP contribution is -2.15. The van der Waals surface area contributed by atoms with Crippen LogP contribution >= 0.6 is 15.9 Å². The van der Waals surface area contributed by atoms with Crippen LogP contribution in [0.4, 0.5) is 5.69 Å². The highest BCUT2D eigenvalue weighted by atomic mass is 79.9. The first-order valence-electron chi connectivity index (χ1n) is 6.09. The van der Waals surface area contributed by atoms with Crippen molar-refractivity contribution in [1.29, 1.82) is 0 Å². The standard InChI is InChI=1S/C13H15BrN2O3S/c1-4-11-13(9(3)15-19-11)16-20(17,18)12-7-8(2)5-6-10(12)14/h5-7,16H,4H2,1-3H3. The quantitative estimate of drug-likeness (QED) is 0.908. The summed E-state index contributed by atoms with van der Waals surface area (Å²) < 4.78 is 33.1. The molecule has 0 radical (unpaired) electrons. The number of anilines is 1. The number of aryl methyl sites for hydroxylation is 3. The van der Waals surface area contributed by atoms with Gasteiger partial charge in [-0.25, -0.2) is 8.42 Å². The molecule has 1 N–H and O–H groups in total. The third-order valence-corrected chi connectivity index (χ3v) is 5.21. The molecule has 0 aliphatic carbocycles. The molecule has 1 aromatic heterocycles. The molecular formula is C13H15BrN2O3S. The van der Waals surface area contributed by atoms with Gasteiger partial charge in [0.25, 0.3) is 10.0 Å². The topological polar surface area (TPSA) is 72.2 Å². The van der Waals surface area contributed by atoms with E-state index in [1.165, 1.54) is 0 Å². The van der Waals surface area contributed by atoms with E-state index >= 15 is 0 Å². The number of nitrogens with one attached hydrogen (secondary N) is 1. The van der Waals surface area contributed by atoms with E-state index in [9.17, 15) is 8.42 Å². The van der Waals surface area contributed by atoms with Crippen molar-refractivity contribution in [1.82, 2.24) is 5.16 Å². The van der Waals surface area contributed by atoms with Gasteiger partial charge in [-0.2, -0.15) is 0 Å². The van der Waals surface area contributed by atoms with E-state index < -0.39 is 10.0 Å². The Hall–Kier alpha value is -1.34. The molecule has 1 aromatic carbocycles. The average Bonchev–Trinajstić information content (AvgIpc) is 2.73. The number of nitrogens with zero attached hydrogens (tertiary/aromatic N) is 1. The highest BCUT2D eigenvalue weighted by Gasteiger charge is 2.22. The lowest BCUT2D eigenvalue weighted by molar-refractivity contribution is 0.383. The molecule has 0 saturated heterocycles. The summed E-state index contributed by atoms with van der Waals surface area (Å²) in [6, 6.07) is 5.16. The Morgan fingerprint density at radius 1 is 1.35 bits per heavy atom. The second-order valence-corrected chi connectivity index (χ2v) is 6.96. The van der Waals surface area contributed by atoms with Gasteiger partial charge < -0.3 is 4.52 Å². The molecule has 0 aliphatic heterocycles. The first-order valence-corrected chi connectivity index (χ1v) is 8.37. The lowest BCUT2D eigenvalue weighted by Gasteiger charge is -2.10. The number of hydrogen-bond acceptors (Lipinski definition) is 4. The first-order chi connectivity index (χ1) is 9.35. The number of sulfonamides is 1. The van der Waals surface area contributed by atoms with Crippen molar-refractivity contribution < 1.29 is 12.9 Å². The van der Waals surface area contributed by atoms with Crippen LogP contribution in [0.5, 0.6) is 0 Å². The van der Waals surface area contributed by atoms with E-state index in [-0.39, 0.29) is 4.90 Å². The van der Waals surface area contributed by atoms with Crippen LogP contribution in [-0.4, -0.2) is 13.6 Å². The summed E-state index contributed by atoms with van der Waals surface area (Å²) in [7, 11) is -3.69. The summed E-state index contributed by atoms with van der Waals surface area (Å²) in [5.41, 5.74) is 1.81. The van der Waals surface area contributed by atoms with Gasteiger partial charge in [0, 0.05) is 10.9 Å². The number of rotatable bonds is 4. The van der Waals surface area contributed by atoms with Crippen LogP contribution < -0.4 is 4.72 Å². The van der Waals surface area contributed by atoms with Gasteiger partial charge in [0.2, 0.25) is 0 Å². The van der Waals surface area contributed by atoms with Crippen LogP contribution in [0.2, 0.25) is 0 Å². The normalized spacial score (nSPS) is 11.6. The predicted molar refractivity (Wildman–Crippen MR) is 80.3 cm³/mol. The largest absolute Gasteiger partial charge is 0.359 e. The molecule has 20 heavy (non-hydrogen) atoms. The third-order valence-electron chi connectivity index (χ3n) is 2.87. The van der Waals surface area contributed by atoms with Crippen molar-refractivity contribution in [3.63, 3.8) is 0 Å². The Labute approximate surface area is 126 Å². The molecule has 7 heteroatoms. The molecule has 0 atom stereocenters. The number of aromatic nitrogens is 1. The molecule has 108 valence electrons. The van der Waals surface area contributed by atoms with E-state index in [0.717, 1.165) is 5.56 Å². The van der Waals surface area contributed by atoms with Gasteiger partial charge in [-0.3, -0.25) is 4.72 Å². The van der Waals surface area contributed by atoms with Gasteiger partial charge in [-0.15, -0.1) is 0 Å². The Morgan fingerprint density at radius 3 is 2.70 bits per heavy atom. The van der Waals surface area contributed by atoms with E-state index in [2.05, 4.69) is 25.8 Å². The zero-order valence-corrected chi connectivity index (χ0v) is 13.8. The van der Waals surface area contributed by atoms with Crippen LogP contribution in [0.25, 0.3) is 0 Å². The van der Waals surface area contributed by atoms with Crippen molar-refractivity contribution in [2.24, 2.45) is 0 Å². The van der Waals surface area contributed by atoms with Crippen molar-refractivity contribution in [2.45, 2.75) is 32.1 Å². The van der Waals surface area contributed by atoms with E-state index in [0.29, 0.717) is 28.0 Å². The molecule has 0 saturated carbocycles. The molecule has 0 amide bonds. The Bertz CT molecular complexity index is 738. The lowest BCUT2D eigenvalue weighted by atomic mass is 10.2. The molecule has 2 aromatic rings. The summed E-state index contributed by atoms with van der Waals surface area (Å²) >= 11 is 3.27. The maximum absolute atomic E-state index is 12.5. The second-order valence-electron chi connectivity index (χ2n) is 4.46. The maximum atomic E-state index is 12.5. The Morgan fingerprint density at radius 2 is 2.05 bits per heavy atom. The van der Waals surface area contributed by atoms with Crippen LogP contribution in [0.15, 0.2) is 32.1 Å². The molecule has 5 nitrogen and oxygen atoms in total. The zero-order valence-electron chi connectivity index (χ0n) is 11.4. The first kappa shape index (κ1) is 15.1. The number of hydrogen-bond donors (Lipinski definition) is 1. The maximum Gasteiger partial charge on any atom is 0.263 e. The van der Waals surface area contributed by atoms with Crippen LogP contribution in [0.3, 0.4) is 0 Å². The fourth-order valence-electron chi connectivity index (χ4n) is 1.79. The molecular weight excluding hydrogens is 344 g/mol. The van der Waals surface area contributed by atoms with Gasteiger partial charge in [0.05, 0.1) is 0 Å². The minimum Gasteiger partial charge on any atom is -0.359 e. The van der Waals surface area contributed by atoms with E-state index in [4.69, 9.17) is 4.52 Å². The summed E-state index contributed by atoms with van der Waals surface area (Å²) in [6.45, 7) is 5.42. The predicted octanol–water partition coefficient (Wildman–Crippen LogP) is 3.42. The van der Waals surface area contributed by atoms with E-state index in [1.54, 1.807) is 19.1 Å². The third kappa shape index (κ3) is 2.88. The molecule has 2 rings (SSSR count).